The highest BCUT2D eigenvalue weighted by Gasteiger charge is 2.31. The number of halogens is 2. The molecule has 0 aliphatic heterocycles. The van der Waals surface area contributed by atoms with Crippen LogP contribution in [0.25, 0.3) is 0 Å². The van der Waals surface area contributed by atoms with E-state index in [0.29, 0.717) is 5.56 Å². The van der Waals surface area contributed by atoms with Crippen LogP contribution < -0.4 is 11.1 Å². The summed E-state index contributed by atoms with van der Waals surface area (Å²) in [4.78, 5) is 12.4. The first kappa shape index (κ1) is 17.4. The van der Waals surface area contributed by atoms with Crippen LogP contribution in [0.2, 0.25) is 0 Å². The van der Waals surface area contributed by atoms with Crippen molar-refractivity contribution in [3.63, 3.8) is 0 Å². The topological polar surface area (TPSA) is 55.1 Å². The van der Waals surface area contributed by atoms with E-state index in [2.05, 4.69) is 24.4 Å². The minimum absolute atomic E-state index is 0. The predicted octanol–water partition coefficient (Wildman–Crippen LogP) is 3.09. The number of carbonyl (C=O) groups is 1. The molecule has 3 nitrogen and oxygen atoms in total. The van der Waals surface area contributed by atoms with Gasteiger partial charge < -0.3 is 11.1 Å². The maximum Gasteiger partial charge on any atom is 0.241 e. The standard InChI is InChI=1S/C18H19FN2O.ClH/c1-11-15-5-3-2-4-13(15)10-16(11)21-18(22)17(20)12-6-8-14(19)9-7-12;/h2-9,11,16-17H,10,20H2,1H3,(H,21,22);1H/t11-,16-,17?;/m1./s1. The molecular formula is C18H20ClFN2O. The third kappa shape index (κ3) is 3.54. The molecule has 1 aliphatic carbocycles. The van der Waals surface area contributed by atoms with Gasteiger partial charge in [0.05, 0.1) is 0 Å². The molecule has 1 amide bonds. The lowest BCUT2D eigenvalue weighted by Crippen LogP contribution is -2.42. The molecule has 1 unspecified atom stereocenters. The van der Waals surface area contributed by atoms with Gasteiger partial charge in [0.1, 0.15) is 11.9 Å². The normalized spacial score (nSPS) is 20.3. The van der Waals surface area contributed by atoms with Gasteiger partial charge in [0.2, 0.25) is 5.91 Å². The summed E-state index contributed by atoms with van der Waals surface area (Å²) in [7, 11) is 0. The summed E-state index contributed by atoms with van der Waals surface area (Å²) in [5.74, 6) is -0.298. The van der Waals surface area contributed by atoms with Crippen LogP contribution >= 0.6 is 12.4 Å². The zero-order valence-electron chi connectivity index (χ0n) is 12.8. The third-order valence-electron chi connectivity index (χ3n) is 4.43. The number of carbonyl (C=O) groups excluding carboxylic acids is 1. The van der Waals surface area contributed by atoms with Gasteiger partial charge in [-0.2, -0.15) is 0 Å². The highest BCUT2D eigenvalue weighted by atomic mass is 35.5. The average Bonchev–Trinajstić information content (AvgIpc) is 2.84. The lowest BCUT2D eigenvalue weighted by molar-refractivity contribution is -0.123. The van der Waals surface area contributed by atoms with Gasteiger partial charge in [-0.15, -0.1) is 12.4 Å². The van der Waals surface area contributed by atoms with Crippen LogP contribution in [0.5, 0.6) is 0 Å². The van der Waals surface area contributed by atoms with Crippen LogP contribution in [0.1, 0.15) is 35.6 Å². The highest BCUT2D eigenvalue weighted by molar-refractivity contribution is 5.85. The third-order valence-corrected chi connectivity index (χ3v) is 4.43. The second-order valence-electron chi connectivity index (χ2n) is 5.84. The van der Waals surface area contributed by atoms with Crippen molar-refractivity contribution in [2.24, 2.45) is 5.73 Å². The van der Waals surface area contributed by atoms with E-state index in [1.165, 1.54) is 23.3 Å². The van der Waals surface area contributed by atoms with Gasteiger partial charge in [-0.3, -0.25) is 4.79 Å². The molecular weight excluding hydrogens is 315 g/mol. The fraction of sp³-hybridized carbons (Fsp3) is 0.278. The van der Waals surface area contributed by atoms with Gasteiger partial charge in [0.15, 0.2) is 0 Å². The van der Waals surface area contributed by atoms with Crippen molar-refractivity contribution in [2.45, 2.75) is 31.3 Å². The van der Waals surface area contributed by atoms with E-state index >= 15 is 0 Å². The monoisotopic (exact) mass is 334 g/mol. The van der Waals surface area contributed by atoms with Crippen molar-refractivity contribution >= 4 is 18.3 Å². The maximum atomic E-state index is 12.9. The van der Waals surface area contributed by atoms with Gasteiger partial charge in [-0.25, -0.2) is 4.39 Å². The van der Waals surface area contributed by atoms with Crippen molar-refractivity contribution in [1.29, 1.82) is 0 Å². The number of amides is 1. The summed E-state index contributed by atoms with van der Waals surface area (Å²) in [6.45, 7) is 2.11. The zero-order valence-corrected chi connectivity index (χ0v) is 13.6. The Morgan fingerprint density at radius 3 is 2.52 bits per heavy atom. The van der Waals surface area contributed by atoms with Crippen molar-refractivity contribution in [3.05, 3.63) is 71.0 Å². The van der Waals surface area contributed by atoms with Crippen LogP contribution in [0.4, 0.5) is 4.39 Å². The summed E-state index contributed by atoms with van der Waals surface area (Å²) in [6.07, 6.45) is 0.819. The van der Waals surface area contributed by atoms with E-state index in [4.69, 9.17) is 5.73 Å². The first-order valence-corrected chi connectivity index (χ1v) is 7.45. The smallest absolute Gasteiger partial charge is 0.241 e. The molecule has 3 atom stereocenters. The Kier molecular flexibility index (Phi) is 5.39. The molecule has 0 fully saturated rings. The van der Waals surface area contributed by atoms with Crippen molar-refractivity contribution < 1.29 is 9.18 Å². The molecule has 0 heterocycles. The van der Waals surface area contributed by atoms with E-state index < -0.39 is 6.04 Å². The molecule has 2 aromatic rings. The lowest BCUT2D eigenvalue weighted by Gasteiger charge is -2.21. The molecule has 3 rings (SSSR count). The van der Waals surface area contributed by atoms with E-state index in [1.807, 2.05) is 12.1 Å². The first-order chi connectivity index (χ1) is 10.6. The number of fused-ring (bicyclic) bond motifs is 1. The predicted molar refractivity (Wildman–Crippen MR) is 91.1 cm³/mol. The molecule has 2 aromatic carbocycles. The van der Waals surface area contributed by atoms with Gasteiger partial charge >= 0.3 is 0 Å². The Balaban J connectivity index is 0.00000192. The summed E-state index contributed by atoms with van der Waals surface area (Å²) in [5, 5.41) is 3.03. The summed E-state index contributed by atoms with van der Waals surface area (Å²) >= 11 is 0. The average molecular weight is 335 g/mol. The molecule has 122 valence electrons. The van der Waals surface area contributed by atoms with Crippen LogP contribution in [-0.4, -0.2) is 11.9 Å². The van der Waals surface area contributed by atoms with Crippen LogP contribution in [0.15, 0.2) is 48.5 Å². The molecule has 1 aliphatic rings. The van der Waals surface area contributed by atoms with Crippen molar-refractivity contribution in [2.75, 3.05) is 0 Å². The molecule has 0 bridgehead atoms. The number of hydrogen-bond acceptors (Lipinski definition) is 2. The molecule has 5 heteroatoms. The second-order valence-corrected chi connectivity index (χ2v) is 5.84. The largest absolute Gasteiger partial charge is 0.351 e. The zero-order chi connectivity index (χ0) is 15.7. The van der Waals surface area contributed by atoms with Crippen molar-refractivity contribution in [1.82, 2.24) is 5.32 Å². The molecule has 3 N–H and O–H groups in total. The summed E-state index contributed by atoms with van der Waals surface area (Å²) < 4.78 is 12.9. The molecule has 0 spiro atoms. The Bertz CT molecular complexity index is 690. The fourth-order valence-electron chi connectivity index (χ4n) is 3.06. The quantitative estimate of drug-likeness (QED) is 0.906. The van der Waals surface area contributed by atoms with Crippen LogP contribution in [0, 0.1) is 5.82 Å². The minimum Gasteiger partial charge on any atom is -0.351 e. The van der Waals surface area contributed by atoms with Crippen LogP contribution in [0.3, 0.4) is 0 Å². The number of nitrogens with two attached hydrogens (primary N) is 1. The first-order valence-electron chi connectivity index (χ1n) is 7.45. The van der Waals surface area contributed by atoms with Gasteiger partial charge in [-0.1, -0.05) is 43.3 Å². The molecule has 0 aromatic heterocycles. The van der Waals surface area contributed by atoms with E-state index in [0.717, 1.165) is 6.42 Å². The Morgan fingerprint density at radius 2 is 1.87 bits per heavy atom. The minimum atomic E-state index is -0.781. The molecule has 0 saturated heterocycles. The van der Waals surface area contributed by atoms with Crippen LogP contribution in [-0.2, 0) is 11.2 Å². The Labute approximate surface area is 141 Å². The fourth-order valence-corrected chi connectivity index (χ4v) is 3.06. The highest BCUT2D eigenvalue weighted by Crippen LogP contribution is 2.32. The molecule has 0 radical (unpaired) electrons. The summed E-state index contributed by atoms with van der Waals surface area (Å²) in [6, 6.07) is 13.2. The van der Waals surface area contributed by atoms with E-state index in [1.54, 1.807) is 12.1 Å². The molecule has 23 heavy (non-hydrogen) atoms. The number of hydrogen-bond donors (Lipinski definition) is 2. The van der Waals surface area contributed by atoms with Gasteiger partial charge in [-0.05, 0) is 35.2 Å². The summed E-state index contributed by atoms with van der Waals surface area (Å²) in [5.41, 5.74) is 9.15. The number of rotatable bonds is 3. The van der Waals surface area contributed by atoms with E-state index in [9.17, 15) is 9.18 Å². The second kappa shape index (κ2) is 7.11. The maximum absolute atomic E-state index is 12.9. The van der Waals surface area contributed by atoms with Crippen molar-refractivity contribution in [3.8, 4) is 0 Å². The Morgan fingerprint density at radius 1 is 1.22 bits per heavy atom. The SMILES string of the molecule is C[C@@H]1c2ccccc2C[C@H]1NC(=O)C(N)c1ccc(F)cc1.Cl. The molecule has 0 saturated carbocycles. The number of nitrogens with one attached hydrogen (secondary N) is 1. The number of benzene rings is 2. The van der Waals surface area contributed by atoms with E-state index in [-0.39, 0.29) is 36.1 Å². The van der Waals surface area contributed by atoms with Gasteiger partial charge in [0, 0.05) is 12.0 Å². The Hall–Kier alpha value is -1.91. The lowest BCUT2D eigenvalue weighted by atomic mass is 10.00. The van der Waals surface area contributed by atoms with Gasteiger partial charge in [0.25, 0.3) is 0 Å².